The SMILES string of the molecule is CN(C)C1=NC(=N)/C(=N\O)C(=O)N1. The molecule has 0 radical (unpaired) electrons. The minimum absolute atomic E-state index is 0.252. The number of hydrogen-bond acceptors (Lipinski definition) is 5. The predicted octanol–water partition coefficient (Wildman–Crippen LogP) is -1.16. The molecule has 0 saturated carbocycles. The number of aliphatic imine (C=N–C) groups is 1. The maximum Gasteiger partial charge on any atom is 0.283 e. The van der Waals surface area contributed by atoms with Gasteiger partial charge in [-0.1, -0.05) is 5.16 Å². The third-order valence-corrected chi connectivity index (χ3v) is 1.41. The van der Waals surface area contributed by atoms with Crippen LogP contribution in [0.25, 0.3) is 0 Å². The fraction of sp³-hybridized carbons (Fsp3) is 0.333. The van der Waals surface area contributed by atoms with Crippen LogP contribution in [-0.4, -0.2) is 47.6 Å². The molecule has 1 aliphatic rings. The lowest BCUT2D eigenvalue weighted by atomic mass is 10.3. The summed E-state index contributed by atoms with van der Waals surface area (Å²) in [4.78, 5) is 16.3. The minimum atomic E-state index is -0.633. The predicted molar refractivity (Wildman–Crippen MR) is 46.2 cm³/mol. The lowest BCUT2D eigenvalue weighted by Crippen LogP contribution is -2.49. The Balaban J connectivity index is 3.02. The van der Waals surface area contributed by atoms with Crippen molar-refractivity contribution >= 4 is 23.4 Å². The monoisotopic (exact) mass is 183 g/mol. The molecule has 1 amide bonds. The van der Waals surface area contributed by atoms with Gasteiger partial charge in [-0.15, -0.1) is 0 Å². The summed E-state index contributed by atoms with van der Waals surface area (Å²) < 4.78 is 0. The second kappa shape index (κ2) is 3.21. The molecule has 7 heteroatoms. The van der Waals surface area contributed by atoms with Crippen molar-refractivity contribution in [1.29, 1.82) is 5.41 Å². The van der Waals surface area contributed by atoms with Crippen LogP contribution in [0.2, 0.25) is 0 Å². The van der Waals surface area contributed by atoms with E-state index >= 15 is 0 Å². The summed E-state index contributed by atoms with van der Waals surface area (Å²) in [5.74, 6) is -0.733. The molecule has 13 heavy (non-hydrogen) atoms. The van der Waals surface area contributed by atoms with Gasteiger partial charge >= 0.3 is 0 Å². The first-order valence-corrected chi connectivity index (χ1v) is 3.44. The van der Waals surface area contributed by atoms with Crippen molar-refractivity contribution in [3.05, 3.63) is 0 Å². The van der Waals surface area contributed by atoms with Crippen molar-refractivity contribution in [2.24, 2.45) is 10.1 Å². The van der Waals surface area contributed by atoms with Gasteiger partial charge in [-0.2, -0.15) is 4.99 Å². The van der Waals surface area contributed by atoms with Gasteiger partial charge in [-0.05, 0) is 0 Å². The highest BCUT2D eigenvalue weighted by molar-refractivity contribution is 6.68. The Labute approximate surface area is 74.3 Å². The molecule has 0 aromatic carbocycles. The number of hydrogen-bond donors (Lipinski definition) is 3. The smallest absolute Gasteiger partial charge is 0.283 e. The van der Waals surface area contributed by atoms with E-state index in [0.717, 1.165) is 0 Å². The molecule has 0 bridgehead atoms. The maximum absolute atomic E-state index is 11.1. The zero-order valence-corrected chi connectivity index (χ0v) is 7.20. The molecule has 1 rings (SSSR count). The number of guanidine groups is 1. The number of carbonyl (C=O) groups is 1. The van der Waals surface area contributed by atoms with Crippen molar-refractivity contribution in [2.45, 2.75) is 0 Å². The summed E-state index contributed by atoms with van der Waals surface area (Å²) in [6.07, 6.45) is 0. The fourth-order valence-corrected chi connectivity index (χ4v) is 0.760. The average Bonchev–Trinajstić information content (AvgIpc) is 2.03. The molecule has 1 aliphatic heterocycles. The van der Waals surface area contributed by atoms with E-state index in [-0.39, 0.29) is 17.5 Å². The second-order valence-corrected chi connectivity index (χ2v) is 2.58. The van der Waals surface area contributed by atoms with E-state index in [2.05, 4.69) is 15.5 Å². The Bertz CT molecular complexity index is 317. The Morgan fingerprint density at radius 1 is 1.62 bits per heavy atom. The number of nitrogens with one attached hydrogen (secondary N) is 2. The van der Waals surface area contributed by atoms with Crippen molar-refractivity contribution in [1.82, 2.24) is 10.2 Å². The molecule has 0 saturated heterocycles. The van der Waals surface area contributed by atoms with Crippen molar-refractivity contribution in [3.63, 3.8) is 0 Å². The van der Waals surface area contributed by atoms with Gasteiger partial charge in [-0.3, -0.25) is 15.5 Å². The highest BCUT2D eigenvalue weighted by atomic mass is 16.4. The molecule has 3 N–H and O–H groups in total. The number of amides is 1. The number of rotatable bonds is 0. The van der Waals surface area contributed by atoms with Crippen LogP contribution < -0.4 is 5.32 Å². The zero-order chi connectivity index (χ0) is 10.0. The summed E-state index contributed by atoms with van der Waals surface area (Å²) in [5.41, 5.74) is -0.384. The molecule has 1 heterocycles. The standard InChI is InChI=1S/C6H9N5O2/c1-11(2)6-8-4(7)3(10-13)5(12)9-6/h13H,1-2H3,(H2,7,8,9,12)/b10-3+. The van der Waals surface area contributed by atoms with Crippen LogP contribution in [0.15, 0.2) is 10.1 Å². The summed E-state index contributed by atoms with van der Waals surface area (Å²) >= 11 is 0. The first-order valence-electron chi connectivity index (χ1n) is 3.44. The molecule has 70 valence electrons. The fourth-order valence-electron chi connectivity index (χ4n) is 0.760. The van der Waals surface area contributed by atoms with E-state index in [4.69, 9.17) is 10.6 Å². The molecule has 0 unspecified atom stereocenters. The number of nitrogens with zero attached hydrogens (tertiary/aromatic N) is 3. The molecular formula is C6H9N5O2. The summed E-state index contributed by atoms with van der Waals surface area (Å²) in [6.45, 7) is 0. The largest absolute Gasteiger partial charge is 0.410 e. The van der Waals surface area contributed by atoms with Crippen molar-refractivity contribution in [2.75, 3.05) is 14.1 Å². The van der Waals surface area contributed by atoms with E-state index in [1.54, 1.807) is 19.0 Å². The third-order valence-electron chi connectivity index (χ3n) is 1.41. The Morgan fingerprint density at radius 3 is 2.62 bits per heavy atom. The quantitative estimate of drug-likeness (QED) is 0.326. The maximum atomic E-state index is 11.1. The van der Waals surface area contributed by atoms with E-state index in [9.17, 15) is 4.79 Å². The van der Waals surface area contributed by atoms with Crippen LogP contribution in [0.3, 0.4) is 0 Å². The molecule has 0 aromatic heterocycles. The first kappa shape index (κ1) is 9.17. The van der Waals surface area contributed by atoms with Gasteiger partial charge in [0.25, 0.3) is 5.91 Å². The lowest BCUT2D eigenvalue weighted by molar-refractivity contribution is -0.113. The summed E-state index contributed by atoms with van der Waals surface area (Å²) in [7, 11) is 3.35. The Kier molecular flexibility index (Phi) is 2.27. The summed E-state index contributed by atoms with van der Waals surface area (Å²) in [5, 5.41) is 20.6. The van der Waals surface area contributed by atoms with Crippen molar-refractivity contribution < 1.29 is 10.0 Å². The van der Waals surface area contributed by atoms with Gasteiger partial charge < -0.3 is 10.1 Å². The van der Waals surface area contributed by atoms with Gasteiger partial charge in [0, 0.05) is 14.1 Å². The highest BCUT2D eigenvalue weighted by Gasteiger charge is 2.25. The topological polar surface area (TPSA) is 101 Å². The lowest BCUT2D eigenvalue weighted by Gasteiger charge is -2.19. The highest BCUT2D eigenvalue weighted by Crippen LogP contribution is 1.94. The Morgan fingerprint density at radius 2 is 2.23 bits per heavy atom. The number of amidine groups is 1. The van der Waals surface area contributed by atoms with Crippen LogP contribution in [0.4, 0.5) is 0 Å². The molecule has 0 atom stereocenters. The third kappa shape index (κ3) is 1.63. The van der Waals surface area contributed by atoms with Crippen LogP contribution in [0.5, 0.6) is 0 Å². The van der Waals surface area contributed by atoms with Crippen LogP contribution >= 0.6 is 0 Å². The Hall–Kier alpha value is -1.92. The zero-order valence-electron chi connectivity index (χ0n) is 7.20. The van der Waals surface area contributed by atoms with Gasteiger partial charge in [0.05, 0.1) is 0 Å². The minimum Gasteiger partial charge on any atom is -0.410 e. The molecule has 0 aliphatic carbocycles. The van der Waals surface area contributed by atoms with E-state index in [1.165, 1.54) is 0 Å². The molecule has 0 fully saturated rings. The normalized spacial score (nSPS) is 19.8. The van der Waals surface area contributed by atoms with E-state index in [1.807, 2.05) is 0 Å². The van der Waals surface area contributed by atoms with Gasteiger partial charge in [0.15, 0.2) is 5.84 Å². The molecule has 7 nitrogen and oxygen atoms in total. The molecule has 0 aromatic rings. The van der Waals surface area contributed by atoms with Gasteiger partial charge in [0.1, 0.15) is 0 Å². The van der Waals surface area contributed by atoms with E-state index < -0.39 is 5.91 Å². The van der Waals surface area contributed by atoms with Crippen LogP contribution in [0, 0.1) is 5.41 Å². The number of oxime groups is 1. The van der Waals surface area contributed by atoms with E-state index in [0.29, 0.717) is 0 Å². The molecular weight excluding hydrogens is 174 g/mol. The second-order valence-electron chi connectivity index (χ2n) is 2.58. The first-order chi connectivity index (χ1) is 6.06. The van der Waals surface area contributed by atoms with Gasteiger partial charge in [0.2, 0.25) is 11.7 Å². The average molecular weight is 183 g/mol. The van der Waals surface area contributed by atoms with Crippen LogP contribution in [-0.2, 0) is 4.79 Å². The summed E-state index contributed by atoms with van der Waals surface area (Å²) in [6, 6.07) is 0. The number of carbonyl (C=O) groups excluding carboxylic acids is 1. The van der Waals surface area contributed by atoms with Crippen LogP contribution in [0.1, 0.15) is 0 Å². The van der Waals surface area contributed by atoms with Gasteiger partial charge in [-0.25, -0.2) is 0 Å². The molecule has 0 spiro atoms. The van der Waals surface area contributed by atoms with Crippen molar-refractivity contribution in [3.8, 4) is 0 Å².